The number of para-hydroxylation sites is 1. The Hall–Kier alpha value is -2.54. The monoisotopic (exact) mass is 334 g/mol. The van der Waals surface area contributed by atoms with Crippen LogP contribution in [0.5, 0.6) is 0 Å². The molecule has 2 rings (SSSR count). The van der Waals surface area contributed by atoms with Crippen LogP contribution in [-0.2, 0) is 10.0 Å². The number of nitriles is 1. The van der Waals surface area contributed by atoms with Crippen LogP contribution < -0.4 is 10.6 Å². The molecule has 1 aromatic carbocycles. The summed E-state index contributed by atoms with van der Waals surface area (Å²) in [5.74, 6) is -0.543. The zero-order valence-corrected chi connectivity index (χ0v) is 12.7. The van der Waals surface area contributed by atoms with Crippen LogP contribution in [0.2, 0.25) is 0 Å². The number of primary sulfonamides is 1. The lowest BCUT2D eigenvalue weighted by atomic mass is 10.2. The minimum Gasteiger partial charge on any atom is -0.285 e. The van der Waals surface area contributed by atoms with Gasteiger partial charge in [0.2, 0.25) is 21.5 Å². The molecule has 0 spiro atoms. The number of nitrogens with zero attached hydrogens (tertiary/aromatic N) is 2. The minimum atomic E-state index is -3.95. The van der Waals surface area contributed by atoms with Gasteiger partial charge in [-0.1, -0.05) is 18.2 Å². The van der Waals surface area contributed by atoms with Crippen molar-refractivity contribution < 1.29 is 13.2 Å². The van der Waals surface area contributed by atoms with E-state index in [2.05, 4.69) is 10.5 Å². The Labute approximate surface area is 130 Å². The lowest BCUT2D eigenvalue weighted by Gasteiger charge is -2.06. The average molecular weight is 334 g/mol. The molecule has 0 aliphatic carbocycles. The molecular weight excluding hydrogens is 324 g/mol. The van der Waals surface area contributed by atoms with Crippen LogP contribution in [0.3, 0.4) is 0 Å². The summed E-state index contributed by atoms with van der Waals surface area (Å²) in [6.07, 6.45) is 0. The lowest BCUT2D eigenvalue weighted by molar-refractivity contribution is 0.107. The van der Waals surface area contributed by atoms with Crippen LogP contribution >= 0.6 is 11.3 Å². The number of rotatable bonds is 5. The first-order valence-electron chi connectivity index (χ1n) is 5.87. The predicted molar refractivity (Wildman–Crippen MR) is 83.1 cm³/mol. The molecule has 1 aromatic heterocycles. The molecule has 1 heterocycles. The normalized spacial score (nSPS) is 11.7. The maximum absolute atomic E-state index is 12.0. The number of anilines is 1. The van der Waals surface area contributed by atoms with Crippen LogP contribution in [0.4, 0.5) is 5.69 Å². The second kappa shape index (κ2) is 6.48. The van der Waals surface area contributed by atoms with Crippen LogP contribution in [-0.4, -0.2) is 19.9 Å². The van der Waals surface area contributed by atoms with E-state index in [0.29, 0.717) is 4.88 Å². The number of carbonyl (C=O) groups is 1. The molecule has 112 valence electrons. The van der Waals surface area contributed by atoms with E-state index in [9.17, 15) is 13.2 Å². The van der Waals surface area contributed by atoms with Crippen molar-refractivity contribution in [2.75, 3.05) is 5.43 Å². The van der Waals surface area contributed by atoms with E-state index in [1.807, 2.05) is 0 Å². The third-order valence-electron chi connectivity index (χ3n) is 2.55. The number of Topliss-reactive ketones (excluding diaryl/α,β-unsaturated/α-hetero) is 1. The van der Waals surface area contributed by atoms with Crippen LogP contribution in [0, 0.1) is 11.3 Å². The first-order valence-corrected chi connectivity index (χ1v) is 8.30. The Kier molecular flexibility index (Phi) is 4.67. The highest BCUT2D eigenvalue weighted by Gasteiger charge is 2.16. The van der Waals surface area contributed by atoms with Gasteiger partial charge in [0, 0.05) is 0 Å². The summed E-state index contributed by atoms with van der Waals surface area (Å²) in [7, 11) is -3.95. The highest BCUT2D eigenvalue weighted by Crippen LogP contribution is 2.19. The van der Waals surface area contributed by atoms with E-state index < -0.39 is 15.8 Å². The number of nitrogens with one attached hydrogen (secondary N) is 1. The van der Waals surface area contributed by atoms with Gasteiger partial charge in [0.25, 0.3) is 0 Å². The predicted octanol–water partition coefficient (Wildman–Crippen LogP) is 1.57. The molecule has 3 N–H and O–H groups in total. The molecule has 0 atom stereocenters. The fraction of sp³-hybridized carbons (Fsp3) is 0. The van der Waals surface area contributed by atoms with Crippen molar-refractivity contribution in [1.82, 2.24) is 0 Å². The second-order valence-corrected chi connectivity index (χ2v) is 6.51. The molecule has 0 fully saturated rings. The zero-order valence-electron chi connectivity index (χ0n) is 11.1. The number of ketones is 1. The highest BCUT2D eigenvalue weighted by atomic mass is 32.2. The Morgan fingerprint density at radius 3 is 2.59 bits per heavy atom. The summed E-state index contributed by atoms with van der Waals surface area (Å²) in [6, 6.07) is 10.7. The van der Waals surface area contributed by atoms with E-state index in [1.54, 1.807) is 29.6 Å². The molecule has 0 saturated carbocycles. The van der Waals surface area contributed by atoms with E-state index in [-0.39, 0.29) is 16.3 Å². The van der Waals surface area contributed by atoms with Gasteiger partial charge >= 0.3 is 0 Å². The van der Waals surface area contributed by atoms with Crippen molar-refractivity contribution in [3.63, 3.8) is 0 Å². The van der Waals surface area contributed by atoms with E-state index >= 15 is 0 Å². The summed E-state index contributed by atoms with van der Waals surface area (Å²) in [4.78, 5) is 12.2. The second-order valence-electron chi connectivity index (χ2n) is 4.03. The summed E-state index contributed by atoms with van der Waals surface area (Å²) in [6.45, 7) is 0. The number of nitrogens with two attached hydrogens (primary N) is 1. The molecule has 9 heteroatoms. The third-order valence-corrected chi connectivity index (χ3v) is 4.39. The van der Waals surface area contributed by atoms with Crippen molar-refractivity contribution in [1.29, 1.82) is 5.26 Å². The molecule has 0 radical (unpaired) electrons. The molecule has 0 saturated heterocycles. The molecule has 0 bridgehead atoms. The van der Waals surface area contributed by atoms with Gasteiger partial charge < -0.3 is 0 Å². The number of sulfonamides is 1. The summed E-state index contributed by atoms with van der Waals surface area (Å²) >= 11 is 1.18. The smallest absolute Gasteiger partial charge is 0.240 e. The van der Waals surface area contributed by atoms with Crippen molar-refractivity contribution in [3.05, 3.63) is 46.7 Å². The fourth-order valence-electron chi connectivity index (χ4n) is 1.57. The van der Waals surface area contributed by atoms with Crippen molar-refractivity contribution in [3.8, 4) is 6.07 Å². The van der Waals surface area contributed by atoms with Gasteiger partial charge in [0.05, 0.1) is 10.6 Å². The maximum Gasteiger partial charge on any atom is 0.240 e. The van der Waals surface area contributed by atoms with Gasteiger partial charge in [-0.2, -0.15) is 10.4 Å². The zero-order chi connectivity index (χ0) is 16.2. The molecule has 22 heavy (non-hydrogen) atoms. The van der Waals surface area contributed by atoms with Crippen molar-refractivity contribution >= 4 is 38.5 Å². The SMILES string of the molecule is N#C/C(=N\Nc1ccccc1S(N)(=O)=O)C(=O)c1cccs1. The van der Waals surface area contributed by atoms with Crippen LogP contribution in [0.25, 0.3) is 0 Å². The Balaban J connectivity index is 2.32. The first-order chi connectivity index (χ1) is 10.4. The van der Waals surface area contributed by atoms with Crippen LogP contribution in [0.1, 0.15) is 9.67 Å². The number of thiophene rings is 1. The molecule has 0 amide bonds. The largest absolute Gasteiger partial charge is 0.285 e. The quantitative estimate of drug-likeness (QED) is 0.487. The highest BCUT2D eigenvalue weighted by molar-refractivity contribution is 7.89. The molecule has 7 nitrogen and oxygen atoms in total. The Bertz CT molecular complexity index is 865. The summed E-state index contributed by atoms with van der Waals surface area (Å²) < 4.78 is 22.9. The third kappa shape index (κ3) is 3.56. The summed E-state index contributed by atoms with van der Waals surface area (Å²) in [5.41, 5.74) is 2.10. The van der Waals surface area contributed by atoms with Crippen molar-refractivity contribution in [2.24, 2.45) is 10.2 Å². The van der Waals surface area contributed by atoms with Gasteiger partial charge in [-0.3, -0.25) is 10.2 Å². The van der Waals surface area contributed by atoms with E-state index in [4.69, 9.17) is 10.4 Å². The standard InChI is InChI=1S/C13H10N4O3S2/c14-8-10(13(18)11-5-3-7-21-11)17-16-9-4-1-2-6-12(9)22(15,19)20/h1-7,16H,(H2,15,19,20)/b17-10+. The van der Waals surface area contributed by atoms with Gasteiger partial charge in [-0.15, -0.1) is 11.3 Å². The number of carbonyl (C=O) groups excluding carboxylic acids is 1. The molecule has 2 aromatic rings. The van der Waals surface area contributed by atoms with Gasteiger partial charge in [0.1, 0.15) is 11.0 Å². The molecule has 0 unspecified atom stereocenters. The minimum absolute atomic E-state index is 0.0803. The van der Waals surface area contributed by atoms with Gasteiger partial charge in [-0.25, -0.2) is 13.6 Å². The first kappa shape index (κ1) is 15.8. The fourth-order valence-corrected chi connectivity index (χ4v) is 2.93. The van der Waals surface area contributed by atoms with E-state index in [0.717, 1.165) is 0 Å². The Morgan fingerprint density at radius 1 is 1.27 bits per heavy atom. The molecule has 0 aliphatic rings. The molecule has 0 aliphatic heterocycles. The summed E-state index contributed by atoms with van der Waals surface area (Å²) in [5, 5.41) is 19.5. The average Bonchev–Trinajstić information content (AvgIpc) is 3.01. The number of benzene rings is 1. The maximum atomic E-state index is 12.0. The van der Waals surface area contributed by atoms with Crippen molar-refractivity contribution in [2.45, 2.75) is 4.90 Å². The van der Waals surface area contributed by atoms with E-state index in [1.165, 1.54) is 29.5 Å². The number of hydrogen-bond donors (Lipinski definition) is 2. The Morgan fingerprint density at radius 2 is 2.00 bits per heavy atom. The number of hydrogen-bond acceptors (Lipinski definition) is 7. The molecular formula is C13H10N4O3S2. The van der Waals surface area contributed by atoms with Crippen LogP contribution in [0.15, 0.2) is 51.8 Å². The van der Waals surface area contributed by atoms with Gasteiger partial charge in [0.15, 0.2) is 0 Å². The number of hydrazone groups is 1. The lowest BCUT2D eigenvalue weighted by Crippen LogP contribution is -2.16. The van der Waals surface area contributed by atoms with Gasteiger partial charge in [-0.05, 0) is 23.6 Å². The topological polar surface area (TPSA) is 125 Å².